The predicted molar refractivity (Wildman–Crippen MR) is 111 cm³/mol. The fourth-order valence-corrected chi connectivity index (χ4v) is 3.30. The van der Waals surface area contributed by atoms with Crippen LogP contribution in [0.5, 0.6) is 11.5 Å². The van der Waals surface area contributed by atoms with Crippen LogP contribution in [-0.2, 0) is 9.47 Å². The fourth-order valence-electron chi connectivity index (χ4n) is 2.35. The Labute approximate surface area is 174 Å². The minimum atomic E-state index is -0.474. The summed E-state index contributed by atoms with van der Waals surface area (Å²) in [5.74, 6) is -1.04. The second kappa shape index (κ2) is 11.4. The molecule has 0 aliphatic rings. The maximum absolute atomic E-state index is 12.1. The number of carbonyl (C=O) groups is 2. The third-order valence-corrected chi connectivity index (χ3v) is 5.17. The highest BCUT2D eigenvalue weighted by Crippen LogP contribution is 2.39. The van der Waals surface area contributed by atoms with Crippen molar-refractivity contribution < 1.29 is 29.3 Å². The quantitative estimate of drug-likeness (QED) is 0.406. The average Bonchev–Trinajstić information content (AvgIpc) is 2.71. The molecule has 0 spiro atoms. The summed E-state index contributed by atoms with van der Waals surface area (Å²) < 4.78 is 10.4. The molecule has 0 atom stereocenters. The zero-order valence-electron chi connectivity index (χ0n) is 16.6. The van der Waals surface area contributed by atoms with Crippen LogP contribution in [0.3, 0.4) is 0 Å². The van der Waals surface area contributed by atoms with Crippen molar-refractivity contribution in [2.75, 3.05) is 13.2 Å². The van der Waals surface area contributed by atoms with Crippen molar-refractivity contribution in [3.8, 4) is 11.5 Å². The monoisotopic (exact) mass is 418 g/mol. The molecule has 0 saturated carbocycles. The Bertz CT molecular complexity index is 780. The minimum absolute atomic E-state index is 0.0459. The van der Waals surface area contributed by atoms with Gasteiger partial charge in [0.1, 0.15) is 11.5 Å². The van der Waals surface area contributed by atoms with Crippen molar-refractivity contribution in [1.82, 2.24) is 0 Å². The molecule has 0 heterocycles. The summed E-state index contributed by atoms with van der Waals surface area (Å²) in [4.78, 5) is 25.0. The largest absolute Gasteiger partial charge is 0.507 e. The van der Waals surface area contributed by atoms with Crippen molar-refractivity contribution in [3.63, 3.8) is 0 Å². The third kappa shape index (κ3) is 6.71. The van der Waals surface area contributed by atoms with E-state index in [4.69, 9.17) is 9.47 Å². The van der Waals surface area contributed by atoms with Crippen LogP contribution in [0.4, 0.5) is 0 Å². The summed E-state index contributed by atoms with van der Waals surface area (Å²) in [6, 6.07) is 8.77. The van der Waals surface area contributed by atoms with E-state index < -0.39 is 11.9 Å². The number of esters is 2. The Balaban J connectivity index is 2.18. The van der Waals surface area contributed by atoms with Crippen LogP contribution in [0.2, 0.25) is 0 Å². The molecule has 6 nitrogen and oxygen atoms in total. The number of carbonyl (C=O) groups excluding carboxylic acids is 2. The highest BCUT2D eigenvalue weighted by molar-refractivity contribution is 7.99. The van der Waals surface area contributed by atoms with E-state index in [1.54, 1.807) is 0 Å². The number of benzene rings is 2. The summed E-state index contributed by atoms with van der Waals surface area (Å²) in [6.07, 6.45) is 3.39. The lowest BCUT2D eigenvalue weighted by Gasteiger charge is -2.10. The first-order chi connectivity index (χ1) is 14.0. The summed E-state index contributed by atoms with van der Waals surface area (Å²) >= 11 is 1.05. The Kier molecular flexibility index (Phi) is 8.86. The van der Waals surface area contributed by atoms with Crippen molar-refractivity contribution >= 4 is 23.7 Å². The maximum Gasteiger partial charge on any atom is 0.338 e. The number of aromatic hydroxyl groups is 2. The summed E-state index contributed by atoms with van der Waals surface area (Å²) in [6.45, 7) is 4.68. The maximum atomic E-state index is 12.1. The average molecular weight is 419 g/mol. The molecule has 0 aromatic heterocycles. The standard InChI is InChI=1S/C22H26O6S/c1-3-5-11-27-21(25)15-7-9-17(23)19(13-15)29-20-14-16(8-10-18(20)24)22(26)28-12-6-4-2/h7-10,13-14,23-24H,3-6,11-12H2,1-2H3. The van der Waals surface area contributed by atoms with E-state index in [-0.39, 0.29) is 11.5 Å². The molecule has 29 heavy (non-hydrogen) atoms. The van der Waals surface area contributed by atoms with Crippen LogP contribution >= 0.6 is 11.8 Å². The molecule has 0 aliphatic heterocycles. The van der Waals surface area contributed by atoms with Gasteiger partial charge >= 0.3 is 11.9 Å². The second-order valence-corrected chi connectivity index (χ2v) is 7.53. The topological polar surface area (TPSA) is 93.1 Å². The lowest BCUT2D eigenvalue weighted by atomic mass is 10.2. The molecule has 0 saturated heterocycles. The van der Waals surface area contributed by atoms with Crippen LogP contribution in [0.25, 0.3) is 0 Å². The van der Waals surface area contributed by atoms with Gasteiger partial charge in [-0.15, -0.1) is 0 Å². The zero-order valence-corrected chi connectivity index (χ0v) is 17.5. The van der Waals surface area contributed by atoms with Gasteiger partial charge in [0.15, 0.2) is 0 Å². The molecule has 0 unspecified atom stereocenters. The lowest BCUT2D eigenvalue weighted by molar-refractivity contribution is 0.0490. The number of phenols is 2. The first kappa shape index (κ1) is 22.6. The molecule has 2 aromatic carbocycles. The van der Waals surface area contributed by atoms with E-state index in [0.717, 1.165) is 37.4 Å². The van der Waals surface area contributed by atoms with Gasteiger partial charge in [-0.3, -0.25) is 0 Å². The first-order valence-electron chi connectivity index (χ1n) is 9.64. The van der Waals surface area contributed by atoms with Crippen molar-refractivity contribution in [3.05, 3.63) is 47.5 Å². The van der Waals surface area contributed by atoms with Gasteiger partial charge in [0.2, 0.25) is 0 Å². The molecule has 7 heteroatoms. The molecule has 0 fully saturated rings. The van der Waals surface area contributed by atoms with Crippen LogP contribution < -0.4 is 0 Å². The fraction of sp³-hybridized carbons (Fsp3) is 0.364. The van der Waals surface area contributed by atoms with Gasteiger partial charge in [-0.25, -0.2) is 9.59 Å². The van der Waals surface area contributed by atoms with Gasteiger partial charge < -0.3 is 19.7 Å². The predicted octanol–water partition coefficient (Wildman–Crippen LogP) is 5.16. The highest BCUT2D eigenvalue weighted by atomic mass is 32.2. The van der Waals surface area contributed by atoms with E-state index in [9.17, 15) is 19.8 Å². The SMILES string of the molecule is CCCCOC(=O)c1ccc(O)c(Sc2cc(C(=O)OCCCC)ccc2O)c1. The van der Waals surface area contributed by atoms with Gasteiger partial charge in [0, 0.05) is 0 Å². The summed E-state index contributed by atoms with van der Waals surface area (Å²) in [5, 5.41) is 20.3. The van der Waals surface area contributed by atoms with Crippen LogP contribution in [0, 0.1) is 0 Å². The van der Waals surface area contributed by atoms with E-state index in [2.05, 4.69) is 0 Å². The number of unbranched alkanes of at least 4 members (excludes halogenated alkanes) is 2. The second-order valence-electron chi connectivity index (χ2n) is 6.45. The Morgan fingerprint density at radius 2 is 1.21 bits per heavy atom. The minimum Gasteiger partial charge on any atom is -0.507 e. The van der Waals surface area contributed by atoms with E-state index >= 15 is 0 Å². The number of phenolic OH excluding ortho intramolecular Hbond substituents is 2. The molecule has 0 radical (unpaired) electrons. The third-order valence-electron chi connectivity index (χ3n) is 4.07. The molecular weight excluding hydrogens is 392 g/mol. The Morgan fingerprint density at radius 3 is 1.59 bits per heavy atom. The molecule has 156 valence electrons. The van der Waals surface area contributed by atoms with Gasteiger partial charge in [-0.05, 0) is 49.2 Å². The molecule has 2 aromatic rings. The zero-order chi connectivity index (χ0) is 21.2. The molecule has 0 amide bonds. The van der Waals surface area contributed by atoms with Gasteiger partial charge in [-0.2, -0.15) is 0 Å². The van der Waals surface area contributed by atoms with Crippen molar-refractivity contribution in [1.29, 1.82) is 0 Å². The van der Waals surface area contributed by atoms with Gasteiger partial charge in [0.05, 0.1) is 34.1 Å². The summed E-state index contributed by atoms with van der Waals surface area (Å²) in [5.41, 5.74) is 0.604. The molecule has 0 bridgehead atoms. The van der Waals surface area contributed by atoms with Crippen LogP contribution in [0.15, 0.2) is 46.2 Å². The Hall–Kier alpha value is -2.67. The van der Waals surface area contributed by atoms with Crippen molar-refractivity contribution in [2.24, 2.45) is 0 Å². The van der Waals surface area contributed by atoms with E-state index in [0.29, 0.717) is 34.1 Å². The van der Waals surface area contributed by atoms with Crippen molar-refractivity contribution in [2.45, 2.75) is 49.3 Å². The van der Waals surface area contributed by atoms with Gasteiger partial charge in [0.25, 0.3) is 0 Å². The lowest BCUT2D eigenvalue weighted by Crippen LogP contribution is -2.06. The smallest absolute Gasteiger partial charge is 0.338 e. The highest BCUT2D eigenvalue weighted by Gasteiger charge is 2.15. The molecule has 2 N–H and O–H groups in total. The van der Waals surface area contributed by atoms with Gasteiger partial charge in [-0.1, -0.05) is 38.5 Å². The number of rotatable bonds is 10. The number of hydrogen-bond acceptors (Lipinski definition) is 7. The molecular formula is C22H26O6S. The van der Waals surface area contributed by atoms with Crippen LogP contribution in [0.1, 0.15) is 60.2 Å². The number of ether oxygens (including phenoxy) is 2. The summed E-state index contributed by atoms with van der Waals surface area (Å²) in [7, 11) is 0. The molecule has 2 rings (SSSR count). The Morgan fingerprint density at radius 1 is 0.793 bits per heavy atom. The normalized spacial score (nSPS) is 10.6. The molecule has 0 aliphatic carbocycles. The van der Waals surface area contributed by atoms with Crippen LogP contribution in [-0.4, -0.2) is 35.4 Å². The first-order valence-corrected chi connectivity index (χ1v) is 10.5. The van der Waals surface area contributed by atoms with E-state index in [1.165, 1.54) is 36.4 Å². The number of hydrogen-bond donors (Lipinski definition) is 2. The van der Waals surface area contributed by atoms with E-state index in [1.807, 2.05) is 13.8 Å².